The van der Waals surface area contributed by atoms with Crippen LogP contribution in [-0.2, 0) is 0 Å². The zero-order valence-electron chi connectivity index (χ0n) is 12.6. The lowest BCUT2D eigenvalue weighted by Crippen LogP contribution is -2.70. The van der Waals surface area contributed by atoms with E-state index in [1.165, 1.54) is 0 Å². The van der Waals surface area contributed by atoms with Crippen LogP contribution < -0.4 is 0 Å². The molecule has 0 heterocycles. The molecular formula is C13H6BrF13O. The molecule has 1 aromatic rings. The fraction of sp³-hybridized carbons (Fsp3) is 0.538. The summed E-state index contributed by atoms with van der Waals surface area (Å²) in [5.74, 6) is -37.9. The lowest BCUT2D eigenvalue weighted by molar-refractivity contribution is -0.444. The summed E-state index contributed by atoms with van der Waals surface area (Å²) >= 11 is 2.76. The molecule has 162 valence electrons. The molecule has 28 heavy (non-hydrogen) atoms. The van der Waals surface area contributed by atoms with Gasteiger partial charge in [0.1, 0.15) is 6.10 Å². The van der Waals surface area contributed by atoms with Crippen LogP contribution >= 0.6 is 15.9 Å². The fourth-order valence-corrected chi connectivity index (χ4v) is 2.07. The van der Waals surface area contributed by atoms with Crippen molar-refractivity contribution in [2.45, 2.75) is 41.9 Å². The van der Waals surface area contributed by atoms with Gasteiger partial charge in [-0.2, -0.15) is 57.1 Å². The van der Waals surface area contributed by atoms with Crippen molar-refractivity contribution in [1.29, 1.82) is 0 Å². The summed E-state index contributed by atoms with van der Waals surface area (Å²) < 4.78 is 169. The molecular weight excluding hydrogens is 499 g/mol. The maximum absolute atomic E-state index is 13.7. The minimum absolute atomic E-state index is 0.111. The van der Waals surface area contributed by atoms with E-state index in [1.54, 1.807) is 0 Å². The Kier molecular flexibility index (Phi) is 6.12. The number of benzene rings is 1. The number of hydrogen-bond donors (Lipinski definition) is 1. The molecule has 0 aliphatic rings. The summed E-state index contributed by atoms with van der Waals surface area (Å²) in [5, 5.41) is 9.23. The van der Waals surface area contributed by atoms with E-state index < -0.39 is 47.5 Å². The first kappa shape index (κ1) is 24.8. The maximum Gasteiger partial charge on any atom is 0.460 e. The van der Waals surface area contributed by atoms with Crippen molar-refractivity contribution in [3.63, 3.8) is 0 Å². The van der Waals surface area contributed by atoms with Crippen LogP contribution in [0.2, 0.25) is 0 Å². The first-order chi connectivity index (χ1) is 12.2. The van der Waals surface area contributed by atoms with E-state index in [9.17, 15) is 62.2 Å². The summed E-state index contributed by atoms with van der Waals surface area (Å²) in [7, 11) is 0. The number of aliphatic hydroxyl groups is 1. The lowest BCUT2D eigenvalue weighted by Gasteiger charge is -2.40. The quantitative estimate of drug-likeness (QED) is 0.456. The van der Waals surface area contributed by atoms with Gasteiger partial charge in [0.2, 0.25) is 0 Å². The fourth-order valence-electron chi connectivity index (χ4n) is 1.81. The standard InChI is InChI=1S/C13H6BrF13O/c14-6-3-1-5(2-4-6)7(28)8(15,16)9(17,18)10(19,20)11(21,22)12(23,24)13(25,26)27/h1-4,7,28H. The Hall–Kier alpha value is -1.25. The van der Waals surface area contributed by atoms with Gasteiger partial charge < -0.3 is 5.11 Å². The van der Waals surface area contributed by atoms with Crippen molar-refractivity contribution in [3.05, 3.63) is 34.3 Å². The van der Waals surface area contributed by atoms with E-state index in [4.69, 9.17) is 0 Å². The Balaban J connectivity index is 3.50. The highest BCUT2D eigenvalue weighted by Crippen LogP contribution is 2.61. The van der Waals surface area contributed by atoms with Gasteiger partial charge >= 0.3 is 35.8 Å². The van der Waals surface area contributed by atoms with E-state index in [-0.39, 0.29) is 4.47 Å². The van der Waals surface area contributed by atoms with Crippen LogP contribution in [0.4, 0.5) is 57.1 Å². The van der Waals surface area contributed by atoms with Gasteiger partial charge in [0.05, 0.1) is 0 Å². The van der Waals surface area contributed by atoms with Crippen molar-refractivity contribution in [2.24, 2.45) is 0 Å². The molecule has 0 saturated carbocycles. The number of hydrogen-bond acceptors (Lipinski definition) is 1. The Bertz CT molecular complexity index is 695. The van der Waals surface area contributed by atoms with Crippen LogP contribution in [0.15, 0.2) is 28.7 Å². The molecule has 1 unspecified atom stereocenters. The van der Waals surface area contributed by atoms with E-state index >= 15 is 0 Å². The second kappa shape index (κ2) is 6.92. The van der Waals surface area contributed by atoms with Gasteiger partial charge in [-0.15, -0.1) is 0 Å². The van der Waals surface area contributed by atoms with E-state index in [1.807, 2.05) is 0 Å². The van der Waals surface area contributed by atoms with Crippen molar-refractivity contribution >= 4 is 15.9 Å². The number of alkyl halides is 13. The normalized spacial score (nSPS) is 16.2. The Morgan fingerprint density at radius 3 is 1.32 bits per heavy atom. The zero-order valence-corrected chi connectivity index (χ0v) is 14.2. The predicted molar refractivity (Wildman–Crippen MR) is 69.9 cm³/mol. The molecule has 1 nitrogen and oxygen atoms in total. The van der Waals surface area contributed by atoms with Crippen LogP contribution in [0.1, 0.15) is 11.7 Å². The van der Waals surface area contributed by atoms with E-state index in [0.717, 1.165) is 12.1 Å². The molecule has 15 heteroatoms. The highest BCUT2D eigenvalue weighted by molar-refractivity contribution is 9.10. The summed E-state index contributed by atoms with van der Waals surface area (Å²) in [6.45, 7) is 0. The zero-order chi connectivity index (χ0) is 22.6. The first-order valence-corrected chi connectivity index (χ1v) is 7.35. The summed E-state index contributed by atoms with van der Waals surface area (Å²) in [6.07, 6.45) is -11.4. The van der Waals surface area contributed by atoms with Crippen molar-refractivity contribution in [3.8, 4) is 0 Å². The minimum atomic E-state index is -8.00. The molecule has 0 radical (unpaired) electrons. The Morgan fingerprint density at radius 2 is 0.964 bits per heavy atom. The molecule has 0 aromatic heterocycles. The Morgan fingerprint density at radius 1 is 0.607 bits per heavy atom. The third-order valence-corrected chi connectivity index (χ3v) is 4.02. The third-order valence-electron chi connectivity index (χ3n) is 3.49. The third kappa shape index (κ3) is 3.44. The molecule has 0 amide bonds. The molecule has 0 saturated heterocycles. The molecule has 0 bridgehead atoms. The number of aliphatic hydroxyl groups excluding tert-OH is 1. The highest BCUT2D eigenvalue weighted by Gasteiger charge is 2.91. The smallest absolute Gasteiger partial charge is 0.382 e. The topological polar surface area (TPSA) is 20.2 Å². The van der Waals surface area contributed by atoms with Crippen molar-refractivity contribution in [2.75, 3.05) is 0 Å². The largest absolute Gasteiger partial charge is 0.460 e. The summed E-state index contributed by atoms with van der Waals surface area (Å²) in [4.78, 5) is 0. The molecule has 0 spiro atoms. The number of rotatable bonds is 6. The lowest BCUT2D eigenvalue weighted by atomic mass is 9.89. The average Bonchev–Trinajstić information content (AvgIpc) is 2.53. The van der Waals surface area contributed by atoms with Gasteiger partial charge in [-0.05, 0) is 17.7 Å². The van der Waals surface area contributed by atoms with E-state index in [2.05, 4.69) is 15.9 Å². The van der Waals surface area contributed by atoms with Crippen LogP contribution in [0.5, 0.6) is 0 Å². The second-order valence-corrected chi connectivity index (χ2v) is 6.29. The van der Waals surface area contributed by atoms with Crippen molar-refractivity contribution < 1.29 is 62.2 Å². The van der Waals surface area contributed by atoms with Gasteiger partial charge in [-0.3, -0.25) is 0 Å². The molecule has 0 fully saturated rings. The SMILES string of the molecule is OC(c1ccc(Br)cc1)C(F)(F)C(F)(F)C(F)(F)C(F)(F)C(F)(F)C(F)(F)F. The molecule has 0 aliphatic heterocycles. The predicted octanol–water partition coefficient (Wildman–Crippen LogP) is 6.22. The summed E-state index contributed by atoms with van der Waals surface area (Å²) in [5.41, 5.74) is -1.24. The molecule has 1 rings (SSSR count). The highest BCUT2D eigenvalue weighted by atomic mass is 79.9. The molecule has 1 N–H and O–H groups in total. The average molecular weight is 505 g/mol. The van der Waals surface area contributed by atoms with Gasteiger partial charge in [0, 0.05) is 4.47 Å². The number of halogens is 14. The minimum Gasteiger partial charge on any atom is -0.382 e. The van der Waals surface area contributed by atoms with E-state index in [0.29, 0.717) is 12.1 Å². The molecule has 1 aromatic carbocycles. The van der Waals surface area contributed by atoms with Gasteiger partial charge in [-0.1, -0.05) is 28.1 Å². The van der Waals surface area contributed by atoms with Crippen LogP contribution in [0.25, 0.3) is 0 Å². The summed E-state index contributed by atoms with van der Waals surface area (Å²) in [6, 6.07) is 2.58. The monoisotopic (exact) mass is 504 g/mol. The maximum atomic E-state index is 13.7. The van der Waals surface area contributed by atoms with Crippen LogP contribution in [-0.4, -0.2) is 40.9 Å². The van der Waals surface area contributed by atoms with Gasteiger partial charge in [0.25, 0.3) is 0 Å². The second-order valence-electron chi connectivity index (χ2n) is 5.37. The van der Waals surface area contributed by atoms with Crippen LogP contribution in [0.3, 0.4) is 0 Å². The molecule has 1 atom stereocenters. The van der Waals surface area contributed by atoms with Crippen molar-refractivity contribution in [1.82, 2.24) is 0 Å². The van der Waals surface area contributed by atoms with Gasteiger partial charge in [-0.25, -0.2) is 0 Å². The first-order valence-electron chi connectivity index (χ1n) is 6.55. The van der Waals surface area contributed by atoms with Gasteiger partial charge in [0.15, 0.2) is 0 Å². The molecule has 0 aliphatic carbocycles. The Labute approximate surface area is 155 Å². The van der Waals surface area contributed by atoms with Crippen LogP contribution in [0, 0.1) is 0 Å².